The summed E-state index contributed by atoms with van der Waals surface area (Å²) < 4.78 is 29.4. The standard InChI is InChI=1S/C25H32N2O5S.H2/c1-25(2,3)18-12-17(15-7-5-6-8-15)21(28)13-19(18)27-24(29)23-14-26-20-11-16(33(4,30)31)9-10-22(20)32-23;/h9-13,15,23,26,28H,5-8,14H2,1-4H3,(H,27,29);1H. The first-order valence-electron chi connectivity index (χ1n) is 11.4. The second-order valence-electron chi connectivity index (χ2n) is 10.1. The Bertz CT molecular complexity index is 1180. The van der Waals surface area contributed by atoms with E-state index in [1.807, 2.05) is 6.07 Å². The van der Waals surface area contributed by atoms with Crippen molar-refractivity contribution in [2.45, 2.75) is 68.8 Å². The predicted octanol–water partition coefficient (Wildman–Crippen LogP) is 4.81. The molecule has 8 heteroatoms. The zero-order valence-corrected chi connectivity index (χ0v) is 20.4. The van der Waals surface area contributed by atoms with Crippen LogP contribution >= 0.6 is 0 Å². The van der Waals surface area contributed by atoms with E-state index < -0.39 is 15.9 Å². The molecule has 33 heavy (non-hydrogen) atoms. The van der Waals surface area contributed by atoms with Crippen LogP contribution in [0.15, 0.2) is 35.2 Å². The van der Waals surface area contributed by atoms with Gasteiger partial charge in [0.1, 0.15) is 11.5 Å². The molecule has 0 bridgehead atoms. The smallest absolute Gasteiger partial charge is 0.267 e. The molecule has 0 spiro atoms. The van der Waals surface area contributed by atoms with Gasteiger partial charge in [-0.25, -0.2) is 8.42 Å². The Morgan fingerprint density at radius 2 is 1.88 bits per heavy atom. The third-order valence-electron chi connectivity index (χ3n) is 6.45. The van der Waals surface area contributed by atoms with Gasteiger partial charge in [0, 0.05) is 19.4 Å². The molecule has 1 fully saturated rings. The maximum absolute atomic E-state index is 13.1. The third-order valence-corrected chi connectivity index (χ3v) is 7.56. The van der Waals surface area contributed by atoms with Crippen molar-refractivity contribution in [2.24, 2.45) is 0 Å². The van der Waals surface area contributed by atoms with Crippen molar-refractivity contribution in [3.63, 3.8) is 0 Å². The predicted molar refractivity (Wildman–Crippen MR) is 131 cm³/mol. The molecule has 1 amide bonds. The van der Waals surface area contributed by atoms with Crippen LogP contribution in [0.1, 0.15) is 64.9 Å². The number of rotatable bonds is 4. The highest BCUT2D eigenvalue weighted by Crippen LogP contribution is 2.43. The minimum Gasteiger partial charge on any atom is -0.508 e. The fourth-order valence-corrected chi connectivity index (χ4v) is 5.28. The number of nitrogens with one attached hydrogen (secondary N) is 2. The highest BCUT2D eigenvalue weighted by atomic mass is 32.2. The molecular weight excluding hydrogens is 440 g/mol. The van der Waals surface area contributed by atoms with E-state index in [9.17, 15) is 18.3 Å². The SMILES string of the molecule is CC(C)(C)c1cc(C2CCCC2)c(O)cc1NC(=O)C1CNc2cc(S(C)(=O)=O)ccc2O1.[HH]. The molecule has 2 aliphatic rings. The number of fused-ring (bicyclic) bond motifs is 1. The summed E-state index contributed by atoms with van der Waals surface area (Å²) in [6, 6.07) is 8.24. The summed E-state index contributed by atoms with van der Waals surface area (Å²) in [5, 5.41) is 16.8. The van der Waals surface area contributed by atoms with Crippen molar-refractivity contribution in [3.8, 4) is 11.5 Å². The second kappa shape index (κ2) is 8.56. The Hall–Kier alpha value is -2.74. The van der Waals surface area contributed by atoms with E-state index in [1.54, 1.807) is 12.1 Å². The zero-order valence-electron chi connectivity index (χ0n) is 19.6. The minimum absolute atomic E-state index is 0. The lowest BCUT2D eigenvalue weighted by Crippen LogP contribution is -2.41. The Labute approximate surface area is 197 Å². The molecule has 0 saturated heterocycles. The van der Waals surface area contributed by atoms with Gasteiger partial charge in [0.05, 0.1) is 17.1 Å². The van der Waals surface area contributed by atoms with Crippen molar-refractivity contribution >= 4 is 27.1 Å². The van der Waals surface area contributed by atoms with E-state index in [0.717, 1.165) is 30.2 Å². The molecule has 7 nitrogen and oxygen atoms in total. The van der Waals surface area contributed by atoms with Gasteiger partial charge < -0.3 is 20.5 Å². The Kier molecular flexibility index (Phi) is 6.07. The average molecular weight is 475 g/mol. The maximum atomic E-state index is 13.1. The number of carbonyl (C=O) groups excluding carboxylic acids is 1. The van der Waals surface area contributed by atoms with Gasteiger partial charge in [-0.15, -0.1) is 0 Å². The van der Waals surface area contributed by atoms with Gasteiger partial charge in [-0.1, -0.05) is 33.6 Å². The first kappa shape index (κ1) is 23.4. The molecule has 1 heterocycles. The summed E-state index contributed by atoms with van der Waals surface area (Å²) in [6.07, 6.45) is 4.84. The number of anilines is 2. The average Bonchev–Trinajstić information content (AvgIpc) is 3.26. The summed E-state index contributed by atoms with van der Waals surface area (Å²) >= 11 is 0. The normalized spacial score (nSPS) is 18.8. The summed E-state index contributed by atoms with van der Waals surface area (Å²) in [6.45, 7) is 6.45. The molecule has 2 aromatic rings. The van der Waals surface area contributed by atoms with E-state index in [1.165, 1.54) is 25.0 Å². The molecule has 2 aromatic carbocycles. The van der Waals surface area contributed by atoms with Crippen LogP contribution < -0.4 is 15.4 Å². The van der Waals surface area contributed by atoms with Crippen LogP contribution in [0.5, 0.6) is 11.5 Å². The van der Waals surface area contributed by atoms with Gasteiger partial charge >= 0.3 is 0 Å². The van der Waals surface area contributed by atoms with E-state index in [-0.39, 0.29) is 29.9 Å². The lowest BCUT2D eigenvalue weighted by atomic mass is 9.82. The Balaban J connectivity index is 0.00000324. The van der Waals surface area contributed by atoms with E-state index >= 15 is 0 Å². The van der Waals surface area contributed by atoms with Crippen molar-refractivity contribution in [3.05, 3.63) is 41.5 Å². The van der Waals surface area contributed by atoms with Gasteiger partial charge in [-0.05, 0) is 59.6 Å². The molecule has 1 unspecified atom stereocenters. The summed E-state index contributed by atoms with van der Waals surface area (Å²) in [4.78, 5) is 13.3. The zero-order chi connectivity index (χ0) is 24.0. The van der Waals surface area contributed by atoms with E-state index in [2.05, 4.69) is 31.4 Å². The number of phenolic OH excluding ortho intramolecular Hbond substituents is 1. The number of amides is 1. The first-order chi connectivity index (χ1) is 15.4. The van der Waals surface area contributed by atoms with E-state index in [0.29, 0.717) is 23.0 Å². The van der Waals surface area contributed by atoms with Crippen LogP contribution in [0, 0.1) is 0 Å². The summed E-state index contributed by atoms with van der Waals surface area (Å²) in [7, 11) is -3.34. The molecule has 1 aliphatic carbocycles. The van der Waals surface area contributed by atoms with Crippen molar-refractivity contribution < 1.29 is 24.5 Å². The highest BCUT2D eigenvalue weighted by molar-refractivity contribution is 7.90. The van der Waals surface area contributed by atoms with Gasteiger partial charge in [0.2, 0.25) is 0 Å². The molecule has 1 atom stereocenters. The molecule has 1 saturated carbocycles. The van der Waals surface area contributed by atoms with Crippen LogP contribution in [0.4, 0.5) is 11.4 Å². The van der Waals surface area contributed by atoms with Gasteiger partial charge in [-0.3, -0.25) is 4.79 Å². The number of phenols is 1. The fraction of sp³-hybridized carbons (Fsp3) is 0.480. The molecule has 180 valence electrons. The monoisotopic (exact) mass is 474 g/mol. The summed E-state index contributed by atoms with van der Waals surface area (Å²) in [5.41, 5.74) is 2.81. The van der Waals surface area contributed by atoms with E-state index in [4.69, 9.17) is 4.74 Å². The highest BCUT2D eigenvalue weighted by Gasteiger charge is 2.30. The van der Waals surface area contributed by atoms with Crippen molar-refractivity contribution in [2.75, 3.05) is 23.4 Å². The first-order valence-corrected chi connectivity index (χ1v) is 13.3. The summed E-state index contributed by atoms with van der Waals surface area (Å²) in [5.74, 6) is 0.657. The number of hydrogen-bond donors (Lipinski definition) is 3. The van der Waals surface area contributed by atoms with Crippen molar-refractivity contribution in [1.82, 2.24) is 0 Å². The number of benzene rings is 2. The quantitative estimate of drug-likeness (QED) is 0.587. The second-order valence-corrected chi connectivity index (χ2v) is 12.1. The number of hydrogen-bond acceptors (Lipinski definition) is 6. The van der Waals surface area contributed by atoms with Crippen LogP contribution in [0.3, 0.4) is 0 Å². The van der Waals surface area contributed by atoms with Gasteiger partial charge in [0.25, 0.3) is 5.91 Å². The molecule has 0 radical (unpaired) electrons. The lowest BCUT2D eigenvalue weighted by molar-refractivity contribution is -0.122. The lowest BCUT2D eigenvalue weighted by Gasteiger charge is -2.29. The molecule has 1 aliphatic heterocycles. The van der Waals surface area contributed by atoms with Crippen LogP contribution in [0.25, 0.3) is 0 Å². The number of carbonyl (C=O) groups is 1. The topological polar surface area (TPSA) is 105 Å². The van der Waals surface area contributed by atoms with Crippen molar-refractivity contribution in [1.29, 1.82) is 0 Å². The maximum Gasteiger partial charge on any atom is 0.267 e. The van der Waals surface area contributed by atoms with Gasteiger partial charge in [0.15, 0.2) is 15.9 Å². The Morgan fingerprint density at radius 1 is 1.18 bits per heavy atom. The Morgan fingerprint density at radius 3 is 2.52 bits per heavy atom. The molecule has 3 N–H and O–H groups in total. The minimum atomic E-state index is -3.34. The number of sulfone groups is 1. The van der Waals surface area contributed by atoms with Crippen LogP contribution in [-0.2, 0) is 20.0 Å². The number of aromatic hydroxyl groups is 1. The third kappa shape index (κ3) is 4.95. The molecule has 0 aromatic heterocycles. The van der Waals surface area contributed by atoms with Crippen LogP contribution in [0.2, 0.25) is 0 Å². The van der Waals surface area contributed by atoms with Crippen LogP contribution in [-0.4, -0.2) is 38.3 Å². The molecule has 4 rings (SSSR count). The van der Waals surface area contributed by atoms with Gasteiger partial charge in [-0.2, -0.15) is 0 Å². The molecular formula is C25H34N2O5S. The number of ether oxygens (including phenoxy) is 1. The largest absolute Gasteiger partial charge is 0.508 e. The fourth-order valence-electron chi connectivity index (χ4n) is 4.63.